The van der Waals surface area contributed by atoms with Gasteiger partial charge in [-0.15, -0.1) is 0 Å². The van der Waals surface area contributed by atoms with Crippen molar-refractivity contribution in [1.82, 2.24) is 5.32 Å². The Morgan fingerprint density at radius 3 is 2.35 bits per heavy atom. The van der Waals surface area contributed by atoms with Crippen molar-refractivity contribution in [3.05, 3.63) is 23.8 Å². The first-order valence-electron chi connectivity index (χ1n) is 8.15. The van der Waals surface area contributed by atoms with Gasteiger partial charge in [-0.1, -0.05) is 19.9 Å². The minimum Gasteiger partial charge on any atom is -0.493 e. The molecule has 1 unspecified atom stereocenters. The zero-order valence-corrected chi connectivity index (χ0v) is 15.1. The molecule has 1 aromatic rings. The van der Waals surface area contributed by atoms with Crippen molar-refractivity contribution in [3.63, 3.8) is 0 Å². The zero-order valence-electron chi connectivity index (χ0n) is 15.1. The Labute approximate surface area is 139 Å². The van der Waals surface area contributed by atoms with Crippen LogP contribution in [0.1, 0.15) is 52.6 Å². The smallest absolute Gasteiger partial charge is 0.237 e. The van der Waals surface area contributed by atoms with E-state index in [1.807, 2.05) is 39.0 Å². The molecule has 130 valence electrons. The molecule has 1 aromatic carbocycles. The molecule has 0 bridgehead atoms. The number of rotatable bonds is 8. The number of ether oxygens (including phenoxy) is 2. The second-order valence-electron chi connectivity index (χ2n) is 6.54. The summed E-state index contributed by atoms with van der Waals surface area (Å²) in [4.78, 5) is 12.1. The van der Waals surface area contributed by atoms with E-state index < -0.39 is 6.04 Å². The number of hydrogen-bond acceptors (Lipinski definition) is 4. The van der Waals surface area contributed by atoms with Crippen molar-refractivity contribution in [2.75, 3.05) is 7.11 Å². The van der Waals surface area contributed by atoms with E-state index in [-0.39, 0.29) is 18.1 Å². The third kappa shape index (κ3) is 6.10. The van der Waals surface area contributed by atoms with Gasteiger partial charge in [0.15, 0.2) is 11.5 Å². The van der Waals surface area contributed by atoms with Crippen molar-refractivity contribution in [1.29, 1.82) is 0 Å². The van der Waals surface area contributed by atoms with Crippen molar-refractivity contribution in [2.24, 2.45) is 11.7 Å². The Morgan fingerprint density at radius 1 is 1.17 bits per heavy atom. The Hall–Kier alpha value is -1.75. The molecule has 1 rings (SSSR count). The lowest BCUT2D eigenvalue weighted by Crippen LogP contribution is -2.42. The maximum Gasteiger partial charge on any atom is 0.237 e. The summed E-state index contributed by atoms with van der Waals surface area (Å²) in [7, 11) is 1.61. The first-order valence-corrected chi connectivity index (χ1v) is 8.15. The fraction of sp³-hybridized carbons (Fsp3) is 0.611. The minimum absolute atomic E-state index is 0.0703. The summed E-state index contributed by atoms with van der Waals surface area (Å²) in [6, 6.07) is 5.05. The van der Waals surface area contributed by atoms with E-state index >= 15 is 0 Å². The van der Waals surface area contributed by atoms with Crippen molar-refractivity contribution >= 4 is 5.91 Å². The Morgan fingerprint density at radius 2 is 1.83 bits per heavy atom. The number of carbonyl (C=O) groups is 1. The molecule has 0 aliphatic carbocycles. The van der Waals surface area contributed by atoms with Gasteiger partial charge in [0.1, 0.15) is 0 Å². The predicted molar refractivity (Wildman–Crippen MR) is 92.7 cm³/mol. The lowest BCUT2D eigenvalue weighted by Gasteiger charge is -2.20. The number of nitrogens with one attached hydrogen (secondary N) is 1. The normalized spacial score (nSPS) is 13.8. The van der Waals surface area contributed by atoms with Crippen LogP contribution in [0, 0.1) is 5.92 Å². The zero-order chi connectivity index (χ0) is 17.6. The molecule has 1 amide bonds. The van der Waals surface area contributed by atoms with Crippen LogP contribution in [0.3, 0.4) is 0 Å². The third-order valence-electron chi connectivity index (χ3n) is 3.47. The molecule has 5 nitrogen and oxygen atoms in total. The second-order valence-corrected chi connectivity index (χ2v) is 6.54. The largest absolute Gasteiger partial charge is 0.493 e. The molecule has 0 aromatic heterocycles. The summed E-state index contributed by atoms with van der Waals surface area (Å²) in [5.41, 5.74) is 6.87. The van der Waals surface area contributed by atoms with Crippen molar-refractivity contribution < 1.29 is 14.3 Å². The first kappa shape index (κ1) is 19.3. The molecule has 0 saturated heterocycles. The van der Waals surface area contributed by atoms with Gasteiger partial charge in [0, 0.05) is 0 Å². The molecular formula is C18H30N2O3. The maximum atomic E-state index is 12.1. The van der Waals surface area contributed by atoms with E-state index in [4.69, 9.17) is 15.2 Å². The van der Waals surface area contributed by atoms with Crippen LogP contribution < -0.4 is 20.5 Å². The van der Waals surface area contributed by atoms with E-state index in [1.54, 1.807) is 7.11 Å². The van der Waals surface area contributed by atoms with Crippen LogP contribution in [0.25, 0.3) is 0 Å². The summed E-state index contributed by atoms with van der Waals surface area (Å²) in [6.45, 7) is 9.96. The monoisotopic (exact) mass is 322 g/mol. The van der Waals surface area contributed by atoms with Crippen LogP contribution in [-0.4, -0.2) is 25.2 Å². The van der Waals surface area contributed by atoms with E-state index in [2.05, 4.69) is 19.2 Å². The third-order valence-corrected chi connectivity index (χ3v) is 3.47. The average molecular weight is 322 g/mol. The Balaban J connectivity index is 2.80. The molecule has 3 N–H and O–H groups in total. The van der Waals surface area contributed by atoms with Gasteiger partial charge in [-0.25, -0.2) is 0 Å². The summed E-state index contributed by atoms with van der Waals surface area (Å²) >= 11 is 0. The number of carbonyl (C=O) groups excluding carboxylic acids is 1. The highest BCUT2D eigenvalue weighted by atomic mass is 16.5. The standard InChI is InChI=1S/C18H30N2O3/c1-11(2)9-15(19)18(21)20-13(5)14-7-8-16(23-12(3)4)17(10-14)22-6/h7-8,10-13,15H,9,19H2,1-6H3,(H,20,21)/t13?,15-/m0/s1. The van der Waals surface area contributed by atoms with Crippen molar-refractivity contribution in [3.8, 4) is 11.5 Å². The van der Waals surface area contributed by atoms with Gasteiger partial charge < -0.3 is 20.5 Å². The highest BCUT2D eigenvalue weighted by molar-refractivity contribution is 5.81. The minimum atomic E-state index is -0.483. The molecule has 23 heavy (non-hydrogen) atoms. The van der Waals surface area contributed by atoms with Crippen LogP contribution in [0.15, 0.2) is 18.2 Å². The highest BCUT2D eigenvalue weighted by Gasteiger charge is 2.18. The van der Waals surface area contributed by atoms with Crippen LogP contribution >= 0.6 is 0 Å². The van der Waals surface area contributed by atoms with Gasteiger partial charge in [0.05, 0.1) is 25.3 Å². The van der Waals surface area contributed by atoms with Crippen LogP contribution in [0.5, 0.6) is 11.5 Å². The second kappa shape index (κ2) is 8.77. The molecule has 0 aliphatic rings. The fourth-order valence-electron chi connectivity index (χ4n) is 2.32. The van der Waals surface area contributed by atoms with E-state index in [1.165, 1.54) is 0 Å². The quantitative estimate of drug-likeness (QED) is 0.771. The summed E-state index contributed by atoms with van der Waals surface area (Å²) in [6.07, 6.45) is 0.740. The number of methoxy groups -OCH3 is 1. The molecule has 0 heterocycles. The summed E-state index contributed by atoms with van der Waals surface area (Å²) < 4.78 is 11.1. The number of amides is 1. The van der Waals surface area contributed by atoms with Gasteiger partial charge in [0.25, 0.3) is 0 Å². The molecule has 2 atom stereocenters. The van der Waals surface area contributed by atoms with E-state index in [9.17, 15) is 4.79 Å². The molecular weight excluding hydrogens is 292 g/mol. The number of nitrogens with two attached hydrogens (primary N) is 1. The first-order chi connectivity index (χ1) is 10.7. The maximum absolute atomic E-state index is 12.1. The van der Waals surface area contributed by atoms with Crippen molar-refractivity contribution in [2.45, 2.75) is 59.2 Å². The molecule has 0 fully saturated rings. The average Bonchev–Trinajstić information content (AvgIpc) is 2.46. The molecule has 0 spiro atoms. The molecule has 5 heteroatoms. The van der Waals surface area contributed by atoms with Gasteiger partial charge in [-0.3, -0.25) is 4.79 Å². The lowest BCUT2D eigenvalue weighted by molar-refractivity contribution is -0.123. The fourth-order valence-corrected chi connectivity index (χ4v) is 2.32. The Bertz CT molecular complexity index is 515. The SMILES string of the molecule is COc1cc(C(C)NC(=O)[C@@H](N)CC(C)C)ccc1OC(C)C. The van der Waals surface area contributed by atoms with Crippen LogP contribution in [-0.2, 0) is 4.79 Å². The topological polar surface area (TPSA) is 73.6 Å². The molecule has 0 aliphatic heterocycles. The van der Waals surface area contributed by atoms with Crippen LogP contribution in [0.2, 0.25) is 0 Å². The van der Waals surface area contributed by atoms with Gasteiger partial charge >= 0.3 is 0 Å². The van der Waals surface area contributed by atoms with E-state index in [0.717, 1.165) is 5.56 Å². The van der Waals surface area contributed by atoms with Gasteiger partial charge in [0.2, 0.25) is 5.91 Å². The van der Waals surface area contributed by atoms with Gasteiger partial charge in [-0.05, 0) is 50.8 Å². The predicted octanol–water partition coefficient (Wildman–Crippen LogP) is 3.03. The highest BCUT2D eigenvalue weighted by Crippen LogP contribution is 2.31. The molecule has 0 radical (unpaired) electrons. The lowest BCUT2D eigenvalue weighted by atomic mass is 10.0. The molecule has 0 saturated carbocycles. The van der Waals surface area contributed by atoms with E-state index in [0.29, 0.717) is 23.8 Å². The summed E-state index contributed by atoms with van der Waals surface area (Å²) in [5.74, 6) is 1.61. The summed E-state index contributed by atoms with van der Waals surface area (Å²) in [5, 5.41) is 2.95. The Kier molecular flexibility index (Phi) is 7.36. The van der Waals surface area contributed by atoms with Crippen LogP contribution in [0.4, 0.5) is 0 Å². The van der Waals surface area contributed by atoms with Gasteiger partial charge in [-0.2, -0.15) is 0 Å². The number of benzene rings is 1. The number of hydrogen-bond donors (Lipinski definition) is 2.